The van der Waals surface area contributed by atoms with Gasteiger partial charge in [0.2, 0.25) is 0 Å². The van der Waals surface area contributed by atoms with Crippen LogP contribution >= 0.6 is 11.3 Å². The molecule has 4 N–H and O–H groups in total. The zero-order chi connectivity index (χ0) is 22.4. The number of ether oxygens (including phenoxy) is 2. The molecule has 164 valence electrons. The monoisotopic (exact) mass is 444 g/mol. The van der Waals surface area contributed by atoms with Crippen LogP contribution in [0.2, 0.25) is 0 Å². The van der Waals surface area contributed by atoms with E-state index in [-0.39, 0.29) is 17.8 Å². The molecule has 1 aromatic heterocycles. The van der Waals surface area contributed by atoms with E-state index in [9.17, 15) is 9.59 Å². The second-order valence-corrected chi connectivity index (χ2v) is 8.12. The van der Waals surface area contributed by atoms with E-state index in [2.05, 4.69) is 15.6 Å². The van der Waals surface area contributed by atoms with E-state index in [0.717, 1.165) is 30.8 Å². The number of aromatic nitrogens is 1. The minimum absolute atomic E-state index is 0.0452. The normalized spacial score (nSPS) is 13.1. The standard InChI is InChI=1S/C21H25N5O4S/c1-13(2)29-15-9-14(19(27)25-18(22)5-6-23-3)10-16(11-15)30-21-24-12-17(31-21)20(28)26-7-4-8-26/h5-6,9-13,23H,4,7-8H2,1-3H3,(H2,22,25,27)/p+1/b6-5-. The fourth-order valence-electron chi connectivity index (χ4n) is 2.70. The highest BCUT2D eigenvalue weighted by Gasteiger charge is 2.24. The van der Waals surface area contributed by atoms with Crippen LogP contribution < -0.4 is 25.5 Å². The lowest BCUT2D eigenvalue weighted by atomic mass is 10.2. The summed E-state index contributed by atoms with van der Waals surface area (Å²) in [5, 5.41) is 11.5. The molecule has 0 bridgehead atoms. The number of nitrogens with one attached hydrogen (secondary N) is 2. The fraction of sp³-hybridized carbons (Fsp3) is 0.333. The van der Waals surface area contributed by atoms with Gasteiger partial charge in [-0.25, -0.2) is 15.1 Å². The number of nitrogens with two attached hydrogens (primary N) is 1. The molecule has 9 nitrogen and oxygen atoms in total. The second-order valence-electron chi connectivity index (χ2n) is 7.13. The Kier molecular flexibility index (Phi) is 7.24. The minimum atomic E-state index is -0.412. The molecule has 3 rings (SSSR count). The van der Waals surface area contributed by atoms with E-state index >= 15 is 0 Å². The first-order valence-electron chi connectivity index (χ1n) is 9.88. The summed E-state index contributed by atoms with van der Waals surface area (Å²) in [6.45, 7) is 5.30. The summed E-state index contributed by atoms with van der Waals surface area (Å²) >= 11 is 1.16. The third kappa shape index (κ3) is 6.05. The molecule has 1 aromatic carbocycles. The number of amides is 2. The number of rotatable bonds is 8. The van der Waals surface area contributed by atoms with E-state index in [0.29, 0.717) is 27.1 Å². The third-order valence-electron chi connectivity index (χ3n) is 4.25. The van der Waals surface area contributed by atoms with Crippen LogP contribution in [0.25, 0.3) is 0 Å². The molecule has 2 heterocycles. The van der Waals surface area contributed by atoms with Gasteiger partial charge in [-0.2, -0.15) is 0 Å². The molecule has 31 heavy (non-hydrogen) atoms. The maximum atomic E-state index is 12.6. The highest BCUT2D eigenvalue weighted by atomic mass is 32.1. The van der Waals surface area contributed by atoms with Crippen molar-refractivity contribution in [3.8, 4) is 16.7 Å². The molecular weight excluding hydrogens is 418 g/mol. The number of nitrogens with zero attached hydrogens (tertiary/aromatic N) is 2. The van der Waals surface area contributed by atoms with Crippen molar-refractivity contribution in [1.82, 2.24) is 20.5 Å². The molecule has 0 unspecified atom stereocenters. The highest BCUT2D eigenvalue weighted by molar-refractivity contribution is 7.15. The first-order valence-corrected chi connectivity index (χ1v) is 10.7. The van der Waals surface area contributed by atoms with Gasteiger partial charge in [-0.05, 0) is 32.4 Å². The Morgan fingerprint density at radius 3 is 2.65 bits per heavy atom. The Balaban J connectivity index is 1.79. The topological polar surface area (TPSA) is 118 Å². The molecular formula is C21H26N5O4S+. The quantitative estimate of drug-likeness (QED) is 0.416. The molecule has 10 heteroatoms. The van der Waals surface area contributed by atoms with E-state index in [1.807, 2.05) is 13.8 Å². The average molecular weight is 445 g/mol. The number of benzene rings is 1. The number of thiazole rings is 1. The molecule has 1 saturated heterocycles. The third-order valence-corrected chi connectivity index (χ3v) is 5.11. The van der Waals surface area contributed by atoms with E-state index in [1.54, 1.807) is 36.3 Å². The number of likely N-dealkylation sites (tertiary alicyclic amines) is 1. The SMILES string of the molecule is CN/C=C\C(=[NH2+])NC(=O)c1cc(Oc2ncc(C(=O)N3CCC3)s2)cc(OC(C)C)c1. The fourth-order valence-corrected chi connectivity index (χ4v) is 3.45. The first kappa shape index (κ1) is 22.3. The van der Waals surface area contributed by atoms with Crippen LogP contribution in [-0.4, -0.2) is 53.8 Å². The Hall–Kier alpha value is -3.40. The van der Waals surface area contributed by atoms with Crippen molar-refractivity contribution in [2.75, 3.05) is 20.1 Å². The summed E-state index contributed by atoms with van der Waals surface area (Å²) in [5.74, 6) is 0.563. The Labute approximate surface area is 184 Å². The Morgan fingerprint density at radius 1 is 1.26 bits per heavy atom. The van der Waals surface area contributed by atoms with Gasteiger partial charge in [-0.1, -0.05) is 11.3 Å². The van der Waals surface area contributed by atoms with Crippen LogP contribution in [0.5, 0.6) is 16.7 Å². The number of carbonyl (C=O) groups excluding carboxylic acids is 2. The zero-order valence-electron chi connectivity index (χ0n) is 17.7. The summed E-state index contributed by atoms with van der Waals surface area (Å²) in [7, 11) is 1.73. The maximum Gasteiger partial charge on any atom is 0.339 e. The number of carbonyl (C=O) groups is 2. The van der Waals surface area contributed by atoms with Gasteiger partial charge in [0.25, 0.3) is 16.9 Å². The summed E-state index contributed by atoms with van der Waals surface area (Å²) < 4.78 is 11.6. The van der Waals surface area contributed by atoms with E-state index < -0.39 is 5.91 Å². The van der Waals surface area contributed by atoms with Crippen LogP contribution in [0, 0.1) is 0 Å². The van der Waals surface area contributed by atoms with Crippen LogP contribution in [0.1, 0.15) is 40.3 Å². The molecule has 1 aliphatic rings. The number of hydrogen-bond donors (Lipinski definition) is 3. The summed E-state index contributed by atoms with van der Waals surface area (Å²) in [6, 6.07) is 4.84. The van der Waals surface area contributed by atoms with Crippen molar-refractivity contribution in [2.24, 2.45) is 0 Å². The average Bonchev–Trinajstić information content (AvgIpc) is 3.12. The van der Waals surface area contributed by atoms with Crippen molar-refractivity contribution < 1.29 is 24.5 Å². The smallest absolute Gasteiger partial charge is 0.339 e. The zero-order valence-corrected chi connectivity index (χ0v) is 18.5. The maximum absolute atomic E-state index is 12.6. The first-order chi connectivity index (χ1) is 14.9. The van der Waals surface area contributed by atoms with Crippen molar-refractivity contribution in [3.05, 3.63) is 47.1 Å². The highest BCUT2D eigenvalue weighted by Crippen LogP contribution is 2.31. The predicted molar refractivity (Wildman–Crippen MR) is 118 cm³/mol. The second kappa shape index (κ2) is 10.1. The van der Waals surface area contributed by atoms with Crippen molar-refractivity contribution >= 4 is 29.0 Å². The lowest BCUT2D eigenvalue weighted by Gasteiger charge is -2.30. The number of amidine groups is 1. The van der Waals surface area contributed by atoms with Gasteiger partial charge in [-0.3, -0.25) is 10.2 Å². The van der Waals surface area contributed by atoms with Gasteiger partial charge in [0, 0.05) is 38.5 Å². The van der Waals surface area contributed by atoms with Crippen molar-refractivity contribution in [1.29, 1.82) is 0 Å². The largest absolute Gasteiger partial charge is 0.491 e. The van der Waals surface area contributed by atoms with E-state index in [1.165, 1.54) is 12.3 Å². The van der Waals surface area contributed by atoms with Crippen LogP contribution in [0.4, 0.5) is 0 Å². The Morgan fingerprint density at radius 2 is 2.00 bits per heavy atom. The van der Waals surface area contributed by atoms with Crippen molar-refractivity contribution in [3.63, 3.8) is 0 Å². The molecule has 0 spiro atoms. The predicted octanol–water partition coefficient (Wildman–Crippen LogP) is 1.19. The minimum Gasteiger partial charge on any atom is -0.491 e. The van der Waals surface area contributed by atoms with Gasteiger partial charge in [0.1, 0.15) is 16.4 Å². The van der Waals surface area contributed by atoms with Gasteiger partial charge < -0.3 is 19.7 Å². The molecule has 0 atom stereocenters. The van der Waals surface area contributed by atoms with Gasteiger partial charge in [-0.15, -0.1) is 0 Å². The molecule has 0 aliphatic carbocycles. The lowest BCUT2D eigenvalue weighted by molar-refractivity contribution is -0.115. The molecule has 2 aromatic rings. The van der Waals surface area contributed by atoms with Crippen molar-refractivity contribution in [2.45, 2.75) is 26.4 Å². The molecule has 1 aliphatic heterocycles. The molecule has 2 amide bonds. The molecule has 0 saturated carbocycles. The van der Waals surface area contributed by atoms with Gasteiger partial charge in [0.05, 0.1) is 17.9 Å². The lowest BCUT2D eigenvalue weighted by Crippen LogP contribution is -2.49. The summed E-state index contributed by atoms with van der Waals surface area (Å²) in [4.78, 5) is 31.4. The van der Waals surface area contributed by atoms with E-state index in [4.69, 9.17) is 14.9 Å². The van der Waals surface area contributed by atoms with Gasteiger partial charge >= 0.3 is 5.91 Å². The Bertz CT molecular complexity index is 997. The van der Waals surface area contributed by atoms with Crippen LogP contribution in [0.15, 0.2) is 36.7 Å². The molecule has 0 radical (unpaired) electrons. The number of hydrogen-bond acceptors (Lipinski definition) is 7. The van der Waals surface area contributed by atoms with Crippen LogP contribution in [0.3, 0.4) is 0 Å². The van der Waals surface area contributed by atoms with Gasteiger partial charge in [0.15, 0.2) is 0 Å². The summed E-state index contributed by atoms with van der Waals surface area (Å²) in [5.41, 5.74) is 0.308. The molecule has 1 fully saturated rings. The summed E-state index contributed by atoms with van der Waals surface area (Å²) in [6.07, 6.45) is 5.57. The van der Waals surface area contributed by atoms with Crippen LogP contribution in [-0.2, 0) is 0 Å².